The average Bonchev–Trinajstić information content (AvgIpc) is 3.02. The van der Waals surface area contributed by atoms with E-state index in [0.717, 1.165) is 14.6 Å². The molecule has 1 aliphatic heterocycles. The van der Waals surface area contributed by atoms with Gasteiger partial charge in [0.05, 0.1) is 29.0 Å². The summed E-state index contributed by atoms with van der Waals surface area (Å²) in [4.78, 5) is 30.2. The van der Waals surface area contributed by atoms with Gasteiger partial charge in [-0.05, 0) is 25.0 Å². The Bertz CT molecular complexity index is 675. The highest BCUT2D eigenvalue weighted by Gasteiger charge is 2.27. The zero-order valence-corrected chi connectivity index (χ0v) is 14.5. The third kappa shape index (κ3) is 3.84. The van der Waals surface area contributed by atoms with Crippen LogP contribution in [0.1, 0.15) is 12.8 Å². The van der Waals surface area contributed by atoms with E-state index in [1.54, 1.807) is 11.3 Å². The van der Waals surface area contributed by atoms with Crippen LogP contribution in [0.2, 0.25) is 0 Å². The Morgan fingerprint density at radius 2 is 2.09 bits per heavy atom. The summed E-state index contributed by atoms with van der Waals surface area (Å²) in [5.74, 6) is 0.266. The van der Waals surface area contributed by atoms with Gasteiger partial charge in [0, 0.05) is 13.1 Å². The van der Waals surface area contributed by atoms with E-state index >= 15 is 0 Å². The smallest absolute Gasteiger partial charge is 0.308 e. The molecule has 0 bridgehead atoms. The van der Waals surface area contributed by atoms with Crippen molar-refractivity contribution in [1.82, 2.24) is 9.88 Å². The maximum absolute atomic E-state index is 12.3. The summed E-state index contributed by atoms with van der Waals surface area (Å²) in [5, 5.41) is 0. The molecule has 0 spiro atoms. The number of thiazole rings is 1. The number of piperidine rings is 1. The lowest BCUT2D eigenvalue weighted by molar-refractivity contribution is -0.148. The van der Waals surface area contributed by atoms with Crippen molar-refractivity contribution >= 4 is 45.2 Å². The van der Waals surface area contributed by atoms with E-state index < -0.39 is 0 Å². The molecule has 5 nitrogen and oxygen atoms in total. The Hall–Kier alpha value is -1.60. The van der Waals surface area contributed by atoms with Crippen LogP contribution in [0.25, 0.3) is 10.2 Å². The van der Waals surface area contributed by atoms with E-state index in [0.29, 0.717) is 31.7 Å². The molecule has 0 N–H and O–H groups in total. The fourth-order valence-corrected chi connectivity index (χ4v) is 4.63. The molecule has 2 aromatic rings. The highest BCUT2D eigenvalue weighted by Crippen LogP contribution is 2.29. The number of methoxy groups -OCH3 is 1. The second-order valence-corrected chi connectivity index (χ2v) is 7.67. The van der Waals surface area contributed by atoms with Crippen LogP contribution < -0.4 is 0 Å². The second-order valence-electron chi connectivity index (χ2n) is 5.41. The van der Waals surface area contributed by atoms with E-state index in [1.807, 2.05) is 29.2 Å². The number of carbonyl (C=O) groups is 2. The van der Waals surface area contributed by atoms with Gasteiger partial charge in [-0.25, -0.2) is 4.98 Å². The maximum Gasteiger partial charge on any atom is 0.308 e. The standard InChI is InChI=1S/C16H18N2O3S2/c1-21-15(20)11-6-8-18(9-7-11)14(19)10-22-16-17-12-4-2-3-5-13(12)23-16/h2-5,11H,6-10H2,1H3. The van der Waals surface area contributed by atoms with E-state index in [1.165, 1.54) is 18.9 Å². The number of rotatable bonds is 4. The van der Waals surface area contributed by atoms with Gasteiger partial charge in [0.15, 0.2) is 4.34 Å². The van der Waals surface area contributed by atoms with Crippen molar-refractivity contribution in [3.8, 4) is 0 Å². The number of carbonyl (C=O) groups excluding carboxylic acids is 2. The zero-order chi connectivity index (χ0) is 16.2. The van der Waals surface area contributed by atoms with Gasteiger partial charge in [0.1, 0.15) is 0 Å². The first-order valence-corrected chi connectivity index (χ1v) is 9.31. The first-order chi connectivity index (χ1) is 11.2. The molecule has 1 aromatic heterocycles. The van der Waals surface area contributed by atoms with Gasteiger partial charge in [-0.15, -0.1) is 11.3 Å². The third-order valence-corrected chi connectivity index (χ3v) is 6.14. The Balaban J connectivity index is 1.51. The molecule has 1 saturated heterocycles. The van der Waals surface area contributed by atoms with Gasteiger partial charge in [0.25, 0.3) is 0 Å². The zero-order valence-electron chi connectivity index (χ0n) is 12.9. The van der Waals surface area contributed by atoms with Crippen molar-refractivity contribution in [1.29, 1.82) is 0 Å². The molecule has 1 amide bonds. The summed E-state index contributed by atoms with van der Waals surface area (Å²) in [5.41, 5.74) is 0.978. The minimum atomic E-state index is -0.166. The van der Waals surface area contributed by atoms with Crippen molar-refractivity contribution < 1.29 is 14.3 Å². The number of nitrogens with zero attached hydrogens (tertiary/aromatic N) is 2. The number of hydrogen-bond donors (Lipinski definition) is 0. The summed E-state index contributed by atoms with van der Waals surface area (Å²) in [6, 6.07) is 7.98. The number of benzene rings is 1. The molecule has 1 aliphatic rings. The number of para-hydroxylation sites is 1. The molecule has 0 saturated carbocycles. The Labute approximate surface area is 143 Å². The monoisotopic (exact) mass is 350 g/mol. The normalized spacial score (nSPS) is 15.8. The van der Waals surface area contributed by atoms with Crippen LogP contribution in [-0.4, -0.2) is 47.7 Å². The predicted octanol–water partition coefficient (Wildman–Crippen LogP) is 2.80. The van der Waals surface area contributed by atoms with Gasteiger partial charge in [0.2, 0.25) is 5.91 Å². The molecule has 1 aromatic carbocycles. The van der Waals surface area contributed by atoms with Crippen LogP contribution in [0.3, 0.4) is 0 Å². The summed E-state index contributed by atoms with van der Waals surface area (Å²) >= 11 is 3.10. The molecule has 1 fully saturated rings. The van der Waals surface area contributed by atoms with Gasteiger partial charge < -0.3 is 9.64 Å². The number of amides is 1. The fourth-order valence-electron chi connectivity index (χ4n) is 2.66. The topological polar surface area (TPSA) is 59.5 Å². The number of likely N-dealkylation sites (tertiary alicyclic amines) is 1. The van der Waals surface area contributed by atoms with Crippen molar-refractivity contribution in [3.63, 3.8) is 0 Å². The van der Waals surface area contributed by atoms with Crippen molar-refractivity contribution in [2.75, 3.05) is 26.0 Å². The molecule has 3 rings (SSSR count). The summed E-state index contributed by atoms with van der Waals surface area (Å²) in [7, 11) is 1.41. The summed E-state index contributed by atoms with van der Waals surface area (Å²) in [6.07, 6.45) is 1.37. The first kappa shape index (κ1) is 16.3. The fraction of sp³-hybridized carbons (Fsp3) is 0.438. The molecule has 0 radical (unpaired) electrons. The number of thioether (sulfide) groups is 1. The van der Waals surface area contributed by atoms with Crippen LogP contribution in [0.5, 0.6) is 0 Å². The summed E-state index contributed by atoms with van der Waals surface area (Å²) < 4.78 is 6.83. The lowest BCUT2D eigenvalue weighted by Crippen LogP contribution is -2.41. The molecular weight excluding hydrogens is 332 g/mol. The molecule has 2 heterocycles. The second kappa shape index (κ2) is 7.31. The molecule has 23 heavy (non-hydrogen) atoms. The quantitative estimate of drug-likeness (QED) is 0.627. The molecular formula is C16H18N2O3S2. The van der Waals surface area contributed by atoms with Gasteiger partial charge >= 0.3 is 5.97 Å². The number of esters is 1. The van der Waals surface area contributed by atoms with Crippen LogP contribution in [0.15, 0.2) is 28.6 Å². The average molecular weight is 350 g/mol. The first-order valence-electron chi connectivity index (χ1n) is 7.51. The largest absolute Gasteiger partial charge is 0.469 e. The molecule has 122 valence electrons. The SMILES string of the molecule is COC(=O)C1CCN(C(=O)CSc2nc3ccccc3s2)CC1. The van der Waals surface area contributed by atoms with Crippen molar-refractivity contribution in [2.45, 2.75) is 17.2 Å². The maximum atomic E-state index is 12.3. The third-order valence-electron chi connectivity index (χ3n) is 3.98. The van der Waals surface area contributed by atoms with E-state index in [4.69, 9.17) is 4.74 Å². The highest BCUT2D eigenvalue weighted by atomic mass is 32.2. The Morgan fingerprint density at radius 1 is 1.35 bits per heavy atom. The molecule has 0 atom stereocenters. The van der Waals surface area contributed by atoms with E-state index in [-0.39, 0.29) is 17.8 Å². The van der Waals surface area contributed by atoms with Crippen molar-refractivity contribution in [3.05, 3.63) is 24.3 Å². The highest BCUT2D eigenvalue weighted by molar-refractivity contribution is 8.01. The number of aromatic nitrogens is 1. The van der Waals surface area contributed by atoms with Crippen LogP contribution in [0.4, 0.5) is 0 Å². The number of fused-ring (bicyclic) bond motifs is 1. The Morgan fingerprint density at radius 3 is 2.78 bits per heavy atom. The lowest BCUT2D eigenvalue weighted by Gasteiger charge is -2.30. The molecule has 0 unspecified atom stereocenters. The minimum absolute atomic E-state index is 0.0686. The summed E-state index contributed by atoms with van der Waals surface area (Å²) in [6.45, 7) is 1.25. The minimum Gasteiger partial charge on any atom is -0.469 e. The van der Waals surface area contributed by atoms with Gasteiger partial charge in [-0.2, -0.15) is 0 Å². The van der Waals surface area contributed by atoms with Gasteiger partial charge in [-0.3, -0.25) is 9.59 Å². The van der Waals surface area contributed by atoms with Crippen LogP contribution in [-0.2, 0) is 14.3 Å². The van der Waals surface area contributed by atoms with Crippen LogP contribution in [0, 0.1) is 5.92 Å². The molecule has 0 aliphatic carbocycles. The molecule has 7 heteroatoms. The predicted molar refractivity (Wildman–Crippen MR) is 91.7 cm³/mol. The Kier molecular flexibility index (Phi) is 5.17. The number of hydrogen-bond acceptors (Lipinski definition) is 6. The van der Waals surface area contributed by atoms with Crippen LogP contribution >= 0.6 is 23.1 Å². The van der Waals surface area contributed by atoms with Gasteiger partial charge in [-0.1, -0.05) is 23.9 Å². The number of ether oxygens (including phenoxy) is 1. The van der Waals surface area contributed by atoms with E-state index in [9.17, 15) is 9.59 Å². The van der Waals surface area contributed by atoms with E-state index in [2.05, 4.69) is 4.98 Å². The lowest BCUT2D eigenvalue weighted by atomic mass is 9.97. The van der Waals surface area contributed by atoms with Crippen molar-refractivity contribution in [2.24, 2.45) is 5.92 Å².